The molecule has 3 rings (SSSR count). The smallest absolute Gasteiger partial charge is 0.230 e. The van der Waals surface area contributed by atoms with Crippen LogP contribution in [-0.4, -0.2) is 27.2 Å². The number of hydrogen-bond donors (Lipinski definition) is 1. The van der Waals surface area contributed by atoms with Crippen molar-refractivity contribution in [2.45, 2.75) is 38.3 Å². The Morgan fingerprint density at radius 1 is 1.04 bits per heavy atom. The highest BCUT2D eigenvalue weighted by molar-refractivity contribution is 8.00. The van der Waals surface area contributed by atoms with Gasteiger partial charge >= 0.3 is 0 Å². The molecular weight excluding hydrogens is 342 g/mol. The van der Waals surface area contributed by atoms with E-state index in [-0.39, 0.29) is 11.4 Å². The molecule has 26 heavy (non-hydrogen) atoms. The van der Waals surface area contributed by atoms with E-state index in [1.54, 1.807) is 0 Å². The Hall–Kier alpha value is -2.40. The monoisotopic (exact) mass is 365 g/mol. The first-order chi connectivity index (χ1) is 12.3. The van der Waals surface area contributed by atoms with Gasteiger partial charge in [0.15, 0.2) is 5.82 Å². The Kier molecular flexibility index (Phi) is 5.28. The number of carbonyl (C=O) groups excluding carboxylic acids is 1. The molecule has 1 aromatic heterocycles. The summed E-state index contributed by atoms with van der Waals surface area (Å²) in [7, 11) is 0. The molecule has 1 N–H and O–H groups in total. The average molecular weight is 366 g/mol. The van der Waals surface area contributed by atoms with Gasteiger partial charge in [-0.2, -0.15) is 0 Å². The molecule has 0 saturated carbocycles. The molecule has 4 nitrogen and oxygen atoms in total. The third-order valence-corrected chi connectivity index (χ3v) is 4.72. The van der Waals surface area contributed by atoms with Crippen LogP contribution >= 0.6 is 11.8 Å². The Labute approximate surface area is 158 Å². The molecule has 0 bridgehead atoms. The van der Waals surface area contributed by atoms with E-state index < -0.39 is 0 Å². The maximum Gasteiger partial charge on any atom is 0.230 e. The summed E-state index contributed by atoms with van der Waals surface area (Å²) in [5, 5.41) is 4.79. The summed E-state index contributed by atoms with van der Waals surface area (Å²) >= 11 is 1.45. The maximum atomic E-state index is 12.2. The minimum Gasteiger partial charge on any atom is -0.351 e. The van der Waals surface area contributed by atoms with Crippen LogP contribution in [0.25, 0.3) is 22.3 Å². The lowest BCUT2D eigenvalue weighted by molar-refractivity contribution is -0.119. The van der Waals surface area contributed by atoms with Crippen molar-refractivity contribution < 1.29 is 4.79 Å². The summed E-state index contributed by atoms with van der Waals surface area (Å²) in [5.41, 5.74) is 2.82. The van der Waals surface area contributed by atoms with Crippen LogP contribution in [-0.2, 0) is 4.79 Å². The number of aromatic nitrogens is 2. The topological polar surface area (TPSA) is 54.9 Å². The van der Waals surface area contributed by atoms with Gasteiger partial charge in [-0.1, -0.05) is 59.8 Å². The highest BCUT2D eigenvalue weighted by atomic mass is 32.2. The van der Waals surface area contributed by atoms with E-state index in [1.165, 1.54) is 17.3 Å². The van der Waals surface area contributed by atoms with E-state index in [2.05, 4.69) is 24.4 Å². The van der Waals surface area contributed by atoms with E-state index in [4.69, 9.17) is 9.97 Å². The zero-order chi connectivity index (χ0) is 18.7. The standard InChI is InChI=1S/C21H23N3OS/c1-14-9-11-15(12-10-14)19-22-17-8-6-5-7-16(17)20(23-19)26-13-18(25)24-21(2,3)4/h5-12H,13H2,1-4H3,(H,24,25). The third-order valence-electron chi connectivity index (χ3n) is 3.73. The largest absolute Gasteiger partial charge is 0.351 e. The molecule has 3 aromatic rings. The van der Waals surface area contributed by atoms with Gasteiger partial charge in [-0.05, 0) is 33.8 Å². The number of amides is 1. The van der Waals surface area contributed by atoms with Gasteiger partial charge in [-0.25, -0.2) is 9.97 Å². The SMILES string of the molecule is Cc1ccc(-c2nc(SCC(=O)NC(C)(C)C)c3ccccc3n2)cc1. The van der Waals surface area contributed by atoms with E-state index in [1.807, 2.05) is 57.2 Å². The van der Waals surface area contributed by atoms with Gasteiger partial charge in [-0.3, -0.25) is 4.79 Å². The molecule has 1 heterocycles. The number of nitrogens with one attached hydrogen (secondary N) is 1. The van der Waals surface area contributed by atoms with Crippen LogP contribution in [0.4, 0.5) is 0 Å². The van der Waals surface area contributed by atoms with Gasteiger partial charge in [0.05, 0.1) is 11.3 Å². The minimum absolute atomic E-state index is 0.00193. The Morgan fingerprint density at radius 2 is 1.73 bits per heavy atom. The third kappa shape index (κ3) is 4.61. The van der Waals surface area contributed by atoms with E-state index >= 15 is 0 Å². The second kappa shape index (κ2) is 7.46. The average Bonchev–Trinajstić information content (AvgIpc) is 2.58. The second-order valence-electron chi connectivity index (χ2n) is 7.32. The van der Waals surface area contributed by atoms with E-state index in [0.29, 0.717) is 11.6 Å². The lowest BCUT2D eigenvalue weighted by Crippen LogP contribution is -2.41. The Bertz CT molecular complexity index is 930. The van der Waals surface area contributed by atoms with Crippen LogP contribution in [0.15, 0.2) is 53.6 Å². The number of para-hydroxylation sites is 1. The molecule has 2 aromatic carbocycles. The molecule has 0 fully saturated rings. The Balaban J connectivity index is 1.93. The second-order valence-corrected chi connectivity index (χ2v) is 8.29. The van der Waals surface area contributed by atoms with Crippen LogP contribution in [0.2, 0.25) is 0 Å². The zero-order valence-corrected chi connectivity index (χ0v) is 16.4. The molecule has 0 aliphatic heterocycles. The number of nitrogens with zero attached hydrogens (tertiary/aromatic N) is 2. The summed E-state index contributed by atoms with van der Waals surface area (Å²) in [6.07, 6.45) is 0. The number of benzene rings is 2. The van der Waals surface area contributed by atoms with E-state index in [9.17, 15) is 4.79 Å². The van der Waals surface area contributed by atoms with E-state index in [0.717, 1.165) is 21.5 Å². The molecule has 0 spiro atoms. The Morgan fingerprint density at radius 3 is 2.42 bits per heavy atom. The lowest BCUT2D eigenvalue weighted by atomic mass is 10.1. The predicted molar refractivity (Wildman–Crippen MR) is 108 cm³/mol. The van der Waals surface area contributed by atoms with Crippen molar-refractivity contribution in [2.24, 2.45) is 0 Å². The van der Waals surface area contributed by atoms with Crippen molar-refractivity contribution in [1.82, 2.24) is 15.3 Å². The molecule has 0 aliphatic rings. The highest BCUT2D eigenvalue weighted by Crippen LogP contribution is 2.28. The first kappa shape index (κ1) is 18.4. The molecule has 0 radical (unpaired) electrons. The fraction of sp³-hybridized carbons (Fsp3) is 0.286. The molecule has 0 aliphatic carbocycles. The number of rotatable bonds is 4. The van der Waals surface area contributed by atoms with Gasteiger partial charge < -0.3 is 5.32 Å². The maximum absolute atomic E-state index is 12.2. The molecule has 134 valence electrons. The van der Waals surface area contributed by atoms with Gasteiger partial charge in [-0.15, -0.1) is 0 Å². The van der Waals surface area contributed by atoms with Crippen molar-refractivity contribution in [3.63, 3.8) is 0 Å². The molecule has 1 amide bonds. The minimum atomic E-state index is -0.238. The number of carbonyl (C=O) groups is 1. The highest BCUT2D eigenvalue weighted by Gasteiger charge is 2.16. The van der Waals surface area contributed by atoms with Gasteiger partial charge in [0.2, 0.25) is 5.91 Å². The molecule has 0 unspecified atom stereocenters. The molecular formula is C21H23N3OS. The van der Waals surface area contributed by atoms with Gasteiger partial charge in [0, 0.05) is 16.5 Å². The first-order valence-electron chi connectivity index (χ1n) is 8.59. The molecule has 0 atom stereocenters. The van der Waals surface area contributed by atoms with Crippen LogP contribution in [0.5, 0.6) is 0 Å². The summed E-state index contributed by atoms with van der Waals surface area (Å²) in [4.78, 5) is 21.6. The number of hydrogen-bond acceptors (Lipinski definition) is 4. The van der Waals surface area contributed by atoms with Gasteiger partial charge in [0.1, 0.15) is 5.03 Å². The molecule has 5 heteroatoms. The summed E-state index contributed by atoms with van der Waals surface area (Å²) in [5.74, 6) is 1.01. The number of fused-ring (bicyclic) bond motifs is 1. The van der Waals surface area contributed by atoms with Crippen molar-refractivity contribution in [2.75, 3.05) is 5.75 Å². The van der Waals surface area contributed by atoms with Crippen LogP contribution < -0.4 is 5.32 Å². The fourth-order valence-electron chi connectivity index (χ4n) is 2.58. The van der Waals surface area contributed by atoms with Crippen molar-refractivity contribution in [1.29, 1.82) is 0 Å². The summed E-state index contributed by atoms with van der Waals surface area (Å²) in [6, 6.07) is 16.1. The van der Waals surface area contributed by atoms with Gasteiger partial charge in [0.25, 0.3) is 0 Å². The quantitative estimate of drug-likeness (QED) is 0.542. The number of thioether (sulfide) groups is 1. The van der Waals surface area contributed by atoms with Crippen molar-refractivity contribution in [3.8, 4) is 11.4 Å². The fourth-order valence-corrected chi connectivity index (χ4v) is 3.40. The molecule has 0 saturated heterocycles. The normalized spacial score (nSPS) is 11.5. The van der Waals surface area contributed by atoms with Crippen LogP contribution in [0, 0.1) is 6.92 Å². The zero-order valence-electron chi connectivity index (χ0n) is 15.5. The van der Waals surface area contributed by atoms with Crippen molar-refractivity contribution >= 4 is 28.6 Å². The predicted octanol–water partition coefficient (Wildman–Crippen LogP) is 4.61. The lowest BCUT2D eigenvalue weighted by Gasteiger charge is -2.20. The number of aryl methyl sites for hydroxylation is 1. The summed E-state index contributed by atoms with van der Waals surface area (Å²) < 4.78 is 0. The van der Waals surface area contributed by atoms with Crippen molar-refractivity contribution in [3.05, 3.63) is 54.1 Å². The summed E-state index contributed by atoms with van der Waals surface area (Å²) in [6.45, 7) is 7.99. The van der Waals surface area contributed by atoms with Crippen LogP contribution in [0.3, 0.4) is 0 Å². The first-order valence-corrected chi connectivity index (χ1v) is 9.58. The van der Waals surface area contributed by atoms with Crippen LogP contribution in [0.1, 0.15) is 26.3 Å².